The minimum atomic E-state index is 0.639. The number of nitrogens with one attached hydrogen (secondary N) is 2. The smallest absolute Gasteiger partial charge is 0.191 e. The fourth-order valence-corrected chi connectivity index (χ4v) is 1.99. The Morgan fingerprint density at radius 3 is 2.58 bits per heavy atom. The Bertz CT molecular complexity index is 539. The number of anilines is 2. The molecule has 0 saturated carbocycles. The summed E-state index contributed by atoms with van der Waals surface area (Å²) < 4.78 is 1.98. The third-order valence-electron chi connectivity index (χ3n) is 2.59. The molecule has 102 valence electrons. The Hall–Kier alpha value is -1.76. The summed E-state index contributed by atoms with van der Waals surface area (Å²) in [7, 11) is 1.97. The maximum atomic E-state index is 4.43. The van der Waals surface area contributed by atoms with Gasteiger partial charge in [0.05, 0.1) is 6.54 Å². The molecule has 0 bridgehead atoms. The van der Waals surface area contributed by atoms with Gasteiger partial charge in [-0.1, -0.05) is 11.8 Å². The van der Waals surface area contributed by atoms with E-state index in [9.17, 15) is 0 Å². The molecule has 2 N–H and O–H groups in total. The Morgan fingerprint density at radius 1 is 1.26 bits per heavy atom. The van der Waals surface area contributed by atoms with Crippen molar-refractivity contribution in [2.45, 2.75) is 18.6 Å². The lowest BCUT2D eigenvalue weighted by Gasteiger charge is -2.09. The molecule has 0 saturated heterocycles. The molecule has 2 aromatic rings. The predicted octanol–water partition coefficient (Wildman–Crippen LogP) is 1.98. The quantitative estimate of drug-likeness (QED) is 0.622. The lowest BCUT2D eigenvalue weighted by molar-refractivity contribution is 0.808. The average Bonchev–Trinajstić information content (AvgIpc) is 2.82. The summed E-state index contributed by atoms with van der Waals surface area (Å²) in [6.45, 7) is 3.52. The van der Waals surface area contributed by atoms with Crippen LogP contribution in [0.2, 0.25) is 0 Å². The van der Waals surface area contributed by atoms with Crippen LogP contribution < -0.4 is 10.6 Å². The van der Waals surface area contributed by atoms with Gasteiger partial charge in [0, 0.05) is 32.1 Å². The molecule has 0 spiro atoms. The second-order valence-corrected chi connectivity index (χ2v) is 4.74. The number of imidazole rings is 1. The first kappa shape index (κ1) is 13.7. The van der Waals surface area contributed by atoms with Crippen molar-refractivity contribution in [2.24, 2.45) is 7.05 Å². The number of nitrogens with zero attached hydrogens (tertiary/aromatic N) is 4. The number of aryl methyl sites for hydroxylation is 1. The van der Waals surface area contributed by atoms with Gasteiger partial charge < -0.3 is 15.2 Å². The molecular formula is C12H18N6S. The van der Waals surface area contributed by atoms with Crippen molar-refractivity contribution < 1.29 is 0 Å². The van der Waals surface area contributed by atoms with Gasteiger partial charge in [-0.3, -0.25) is 0 Å². The third kappa shape index (κ3) is 3.60. The summed E-state index contributed by atoms with van der Waals surface area (Å²) in [6.07, 6.45) is 5.68. The van der Waals surface area contributed by atoms with E-state index in [1.807, 2.05) is 37.1 Å². The Balaban J connectivity index is 2.10. The van der Waals surface area contributed by atoms with Gasteiger partial charge >= 0.3 is 0 Å². The standard InChI is InChI=1S/C12H18N6S/c1-4-13-9-7-10(17-12(16-9)19-3)15-8-11-14-5-6-18(11)2/h5-7H,4,8H2,1-3H3,(H2,13,15,16,17). The molecule has 0 aromatic carbocycles. The van der Waals surface area contributed by atoms with Crippen LogP contribution in [0.25, 0.3) is 0 Å². The number of rotatable bonds is 6. The number of hydrogen-bond donors (Lipinski definition) is 2. The van der Waals surface area contributed by atoms with Crippen LogP contribution in [0.15, 0.2) is 23.6 Å². The van der Waals surface area contributed by atoms with Gasteiger partial charge in [-0.25, -0.2) is 15.0 Å². The first-order valence-electron chi connectivity index (χ1n) is 6.10. The van der Waals surface area contributed by atoms with E-state index in [1.54, 1.807) is 6.20 Å². The second kappa shape index (κ2) is 6.42. The van der Waals surface area contributed by atoms with Crippen LogP contribution in [0.3, 0.4) is 0 Å². The molecule has 0 fully saturated rings. The Kier molecular flexibility index (Phi) is 4.62. The molecule has 0 aliphatic rings. The van der Waals surface area contributed by atoms with Crippen molar-refractivity contribution in [1.82, 2.24) is 19.5 Å². The van der Waals surface area contributed by atoms with E-state index in [2.05, 4.69) is 25.6 Å². The van der Waals surface area contributed by atoms with Crippen LogP contribution in [0.1, 0.15) is 12.7 Å². The molecule has 19 heavy (non-hydrogen) atoms. The molecule has 0 atom stereocenters. The van der Waals surface area contributed by atoms with Gasteiger partial charge in [0.25, 0.3) is 0 Å². The molecular weight excluding hydrogens is 260 g/mol. The first-order chi connectivity index (χ1) is 9.22. The molecule has 6 nitrogen and oxygen atoms in total. The summed E-state index contributed by atoms with van der Waals surface area (Å²) in [5.41, 5.74) is 0. The van der Waals surface area contributed by atoms with Crippen LogP contribution in [0.4, 0.5) is 11.6 Å². The van der Waals surface area contributed by atoms with Gasteiger partial charge in [-0.15, -0.1) is 0 Å². The topological polar surface area (TPSA) is 67.7 Å². The van der Waals surface area contributed by atoms with Crippen LogP contribution >= 0.6 is 11.8 Å². The second-order valence-electron chi connectivity index (χ2n) is 3.96. The van der Waals surface area contributed by atoms with E-state index in [0.717, 1.165) is 29.2 Å². The summed E-state index contributed by atoms with van der Waals surface area (Å²) in [5, 5.41) is 7.23. The summed E-state index contributed by atoms with van der Waals surface area (Å²) in [6, 6.07) is 1.91. The molecule has 7 heteroatoms. The zero-order chi connectivity index (χ0) is 13.7. The highest BCUT2D eigenvalue weighted by molar-refractivity contribution is 7.98. The SMILES string of the molecule is CCNc1cc(NCc2nccn2C)nc(SC)n1. The fraction of sp³-hybridized carbons (Fsp3) is 0.417. The van der Waals surface area contributed by atoms with E-state index in [-0.39, 0.29) is 0 Å². The van der Waals surface area contributed by atoms with Crippen molar-refractivity contribution >= 4 is 23.4 Å². The lowest BCUT2D eigenvalue weighted by Crippen LogP contribution is -2.09. The van der Waals surface area contributed by atoms with E-state index < -0.39 is 0 Å². The monoisotopic (exact) mass is 278 g/mol. The molecule has 2 rings (SSSR count). The minimum absolute atomic E-state index is 0.639. The number of aromatic nitrogens is 4. The van der Waals surface area contributed by atoms with E-state index in [4.69, 9.17) is 0 Å². The van der Waals surface area contributed by atoms with Crippen LogP contribution in [-0.2, 0) is 13.6 Å². The van der Waals surface area contributed by atoms with Crippen molar-refractivity contribution in [2.75, 3.05) is 23.4 Å². The zero-order valence-electron chi connectivity index (χ0n) is 11.3. The van der Waals surface area contributed by atoms with Gasteiger partial charge in [0.15, 0.2) is 5.16 Å². The van der Waals surface area contributed by atoms with Crippen LogP contribution in [0, 0.1) is 0 Å². The van der Waals surface area contributed by atoms with Crippen molar-refractivity contribution in [3.63, 3.8) is 0 Å². The van der Waals surface area contributed by atoms with Crippen molar-refractivity contribution in [3.05, 3.63) is 24.3 Å². The first-order valence-corrected chi connectivity index (χ1v) is 7.32. The van der Waals surface area contributed by atoms with Gasteiger partial charge in [0.1, 0.15) is 17.5 Å². The summed E-state index contributed by atoms with van der Waals surface area (Å²) >= 11 is 1.53. The normalized spacial score (nSPS) is 10.5. The molecule has 2 aromatic heterocycles. The highest BCUT2D eigenvalue weighted by Gasteiger charge is 2.05. The van der Waals surface area contributed by atoms with Gasteiger partial charge in [0.2, 0.25) is 0 Å². The minimum Gasteiger partial charge on any atom is -0.370 e. The Labute approximate surface area is 117 Å². The maximum absolute atomic E-state index is 4.43. The van der Waals surface area contributed by atoms with Crippen LogP contribution in [0.5, 0.6) is 0 Å². The van der Waals surface area contributed by atoms with E-state index >= 15 is 0 Å². The van der Waals surface area contributed by atoms with E-state index in [0.29, 0.717) is 6.54 Å². The molecule has 0 amide bonds. The molecule has 2 heterocycles. The highest BCUT2D eigenvalue weighted by Crippen LogP contribution is 2.17. The summed E-state index contributed by atoms with van der Waals surface area (Å²) in [4.78, 5) is 13.1. The third-order valence-corrected chi connectivity index (χ3v) is 3.14. The molecule has 0 unspecified atom stereocenters. The molecule has 0 aliphatic carbocycles. The maximum Gasteiger partial charge on any atom is 0.191 e. The average molecular weight is 278 g/mol. The fourth-order valence-electron chi connectivity index (χ4n) is 1.62. The van der Waals surface area contributed by atoms with Gasteiger partial charge in [-0.2, -0.15) is 0 Å². The van der Waals surface area contributed by atoms with Crippen molar-refractivity contribution in [1.29, 1.82) is 0 Å². The van der Waals surface area contributed by atoms with E-state index in [1.165, 1.54) is 11.8 Å². The number of hydrogen-bond acceptors (Lipinski definition) is 6. The molecule has 0 radical (unpaired) electrons. The lowest BCUT2D eigenvalue weighted by atomic mass is 10.5. The molecule has 0 aliphatic heterocycles. The largest absolute Gasteiger partial charge is 0.370 e. The highest BCUT2D eigenvalue weighted by atomic mass is 32.2. The van der Waals surface area contributed by atoms with Crippen molar-refractivity contribution in [3.8, 4) is 0 Å². The van der Waals surface area contributed by atoms with Crippen LogP contribution in [-0.4, -0.2) is 32.3 Å². The zero-order valence-corrected chi connectivity index (χ0v) is 12.2. The number of thioether (sulfide) groups is 1. The summed E-state index contributed by atoms with van der Waals surface area (Å²) in [5.74, 6) is 2.61. The predicted molar refractivity (Wildman–Crippen MR) is 78.5 cm³/mol. The van der Waals surface area contributed by atoms with Gasteiger partial charge in [-0.05, 0) is 13.2 Å². The Morgan fingerprint density at radius 2 is 2.00 bits per heavy atom.